The van der Waals surface area contributed by atoms with Crippen molar-refractivity contribution in [2.75, 3.05) is 30.8 Å². The highest BCUT2D eigenvalue weighted by atomic mass is 32.1. The number of thiophene rings is 1. The molecule has 0 aromatic carbocycles. The summed E-state index contributed by atoms with van der Waals surface area (Å²) in [7, 11) is 1.69. The van der Waals surface area contributed by atoms with Gasteiger partial charge in [0.2, 0.25) is 0 Å². The summed E-state index contributed by atoms with van der Waals surface area (Å²) in [5.41, 5.74) is 6.73. The van der Waals surface area contributed by atoms with Gasteiger partial charge in [-0.2, -0.15) is 5.26 Å². The fourth-order valence-corrected chi connectivity index (χ4v) is 3.62. The Morgan fingerprint density at radius 3 is 2.86 bits per heavy atom. The molecule has 1 unspecified atom stereocenters. The van der Waals surface area contributed by atoms with Crippen molar-refractivity contribution < 1.29 is 9.53 Å². The van der Waals surface area contributed by atoms with Gasteiger partial charge in [-0.3, -0.25) is 4.79 Å². The second kappa shape index (κ2) is 5.54. The molecule has 6 nitrogen and oxygen atoms in total. The van der Waals surface area contributed by atoms with E-state index < -0.39 is 0 Å². The van der Waals surface area contributed by atoms with Gasteiger partial charge in [-0.25, -0.2) is 0 Å². The minimum Gasteiger partial charge on any atom is -0.396 e. The monoisotopic (exact) mass is 306 g/mol. The highest BCUT2D eigenvalue weighted by molar-refractivity contribution is 7.19. The number of amides is 1. The maximum atomic E-state index is 12.2. The maximum absolute atomic E-state index is 12.2. The van der Waals surface area contributed by atoms with Crippen molar-refractivity contribution in [1.29, 1.82) is 5.26 Å². The zero-order chi connectivity index (χ0) is 15.0. The van der Waals surface area contributed by atoms with Crippen LogP contribution in [0.1, 0.15) is 34.5 Å². The van der Waals surface area contributed by atoms with Crippen LogP contribution in [-0.2, 0) is 4.74 Å². The highest BCUT2D eigenvalue weighted by Crippen LogP contribution is 2.39. The molecule has 7 heteroatoms. The summed E-state index contributed by atoms with van der Waals surface area (Å²) in [6.45, 7) is 1.55. The predicted octanol–water partition coefficient (Wildman–Crippen LogP) is 1.32. The highest BCUT2D eigenvalue weighted by Gasteiger charge is 2.31. The van der Waals surface area contributed by atoms with Gasteiger partial charge >= 0.3 is 0 Å². The third kappa shape index (κ3) is 2.69. The summed E-state index contributed by atoms with van der Waals surface area (Å²) in [6, 6.07) is 2.42. The number of nitrogens with one attached hydrogen (secondary N) is 1. The number of carbonyl (C=O) groups excluding carboxylic acids is 1. The topological polar surface area (TPSA) is 91.4 Å². The van der Waals surface area contributed by atoms with Crippen molar-refractivity contribution in [2.45, 2.75) is 31.4 Å². The first-order valence-corrected chi connectivity index (χ1v) is 7.86. The molecule has 3 rings (SSSR count). The van der Waals surface area contributed by atoms with Crippen molar-refractivity contribution in [2.24, 2.45) is 0 Å². The Bertz CT molecular complexity index is 603. The van der Waals surface area contributed by atoms with Crippen molar-refractivity contribution in [1.82, 2.24) is 5.32 Å². The average molecular weight is 306 g/mol. The van der Waals surface area contributed by atoms with E-state index in [-0.39, 0.29) is 18.1 Å². The lowest BCUT2D eigenvalue weighted by Gasteiger charge is -2.16. The molecule has 2 heterocycles. The van der Waals surface area contributed by atoms with E-state index in [0.29, 0.717) is 16.1 Å². The number of nitriles is 1. The molecule has 0 bridgehead atoms. The minimum atomic E-state index is -0.162. The number of hydrogen-bond donors (Lipinski definition) is 2. The molecule has 1 aliphatic carbocycles. The first kappa shape index (κ1) is 14.2. The lowest BCUT2D eigenvalue weighted by molar-refractivity contribution is 0.0956. The predicted molar refractivity (Wildman–Crippen MR) is 81.6 cm³/mol. The summed E-state index contributed by atoms with van der Waals surface area (Å²) < 4.78 is 5.35. The first-order valence-electron chi connectivity index (χ1n) is 7.05. The molecular weight excluding hydrogens is 288 g/mol. The van der Waals surface area contributed by atoms with E-state index in [2.05, 4.69) is 16.3 Å². The van der Waals surface area contributed by atoms with Gasteiger partial charge in [-0.15, -0.1) is 11.3 Å². The Hall–Kier alpha value is -1.78. The zero-order valence-electron chi connectivity index (χ0n) is 11.9. The summed E-state index contributed by atoms with van der Waals surface area (Å²) in [4.78, 5) is 14.7. The van der Waals surface area contributed by atoms with E-state index in [9.17, 15) is 10.1 Å². The van der Waals surface area contributed by atoms with Gasteiger partial charge in [-0.1, -0.05) is 0 Å². The molecule has 1 aromatic rings. The number of anilines is 2. The zero-order valence-corrected chi connectivity index (χ0v) is 12.7. The van der Waals surface area contributed by atoms with Gasteiger partial charge in [0.1, 0.15) is 21.5 Å². The molecule has 2 aliphatic rings. The summed E-state index contributed by atoms with van der Waals surface area (Å²) in [6.07, 6.45) is 3.14. The van der Waals surface area contributed by atoms with E-state index in [1.807, 2.05) is 0 Å². The Balaban J connectivity index is 1.86. The second-order valence-corrected chi connectivity index (χ2v) is 6.48. The minimum absolute atomic E-state index is 0.162. The van der Waals surface area contributed by atoms with Gasteiger partial charge < -0.3 is 20.7 Å². The molecule has 1 aliphatic heterocycles. The second-order valence-electron chi connectivity index (χ2n) is 5.48. The van der Waals surface area contributed by atoms with Crippen LogP contribution in [-0.4, -0.2) is 38.3 Å². The van der Waals surface area contributed by atoms with Crippen LogP contribution in [0, 0.1) is 11.3 Å². The quantitative estimate of drug-likeness (QED) is 0.875. The molecule has 1 saturated carbocycles. The fraction of sp³-hybridized carbons (Fsp3) is 0.571. The van der Waals surface area contributed by atoms with Gasteiger partial charge in [0.15, 0.2) is 0 Å². The Kier molecular flexibility index (Phi) is 3.74. The number of nitrogens with zero attached hydrogens (tertiary/aromatic N) is 2. The summed E-state index contributed by atoms with van der Waals surface area (Å²) in [5.74, 6) is -0.162. The summed E-state index contributed by atoms with van der Waals surface area (Å²) in [5, 5.41) is 13.1. The van der Waals surface area contributed by atoms with Gasteiger partial charge in [0.05, 0.1) is 11.8 Å². The van der Waals surface area contributed by atoms with Crippen LogP contribution in [0.15, 0.2) is 0 Å². The third-order valence-corrected chi connectivity index (χ3v) is 5.19. The number of rotatable bonds is 4. The summed E-state index contributed by atoms with van der Waals surface area (Å²) >= 11 is 1.31. The Morgan fingerprint density at radius 1 is 1.52 bits per heavy atom. The van der Waals surface area contributed by atoms with E-state index >= 15 is 0 Å². The number of methoxy groups -OCH3 is 1. The molecule has 0 spiro atoms. The van der Waals surface area contributed by atoms with Crippen LogP contribution < -0.4 is 16.0 Å². The van der Waals surface area contributed by atoms with Crippen LogP contribution in [0.2, 0.25) is 0 Å². The molecule has 1 atom stereocenters. The molecule has 0 radical (unpaired) electrons. The number of carbonyl (C=O) groups is 1. The first-order chi connectivity index (χ1) is 10.1. The Labute approximate surface area is 127 Å². The van der Waals surface area contributed by atoms with Gasteiger partial charge in [0.25, 0.3) is 5.91 Å². The molecule has 21 heavy (non-hydrogen) atoms. The fourth-order valence-electron chi connectivity index (χ4n) is 2.51. The average Bonchev–Trinajstić information content (AvgIpc) is 3.04. The van der Waals surface area contributed by atoms with Crippen LogP contribution in [0.4, 0.5) is 10.7 Å². The lowest BCUT2D eigenvalue weighted by Crippen LogP contribution is -2.25. The standard InChI is InChI=1S/C14H18N4O2S/c1-20-9-4-5-18(7-9)14-10(6-15)11(16)12(21-14)13(19)17-8-2-3-8/h8-9H,2-5,7,16H2,1H3,(H,17,19). The van der Waals surface area contributed by atoms with Gasteiger partial charge in [-0.05, 0) is 19.3 Å². The van der Waals surface area contributed by atoms with E-state index in [1.54, 1.807) is 7.11 Å². The number of hydrogen-bond acceptors (Lipinski definition) is 6. The Morgan fingerprint density at radius 2 is 2.29 bits per heavy atom. The van der Waals surface area contributed by atoms with Crippen molar-refractivity contribution in [3.8, 4) is 6.07 Å². The largest absolute Gasteiger partial charge is 0.396 e. The SMILES string of the molecule is COC1CCN(c2sc(C(=O)NC3CC3)c(N)c2C#N)C1. The normalized spacial score (nSPS) is 21.3. The maximum Gasteiger partial charge on any atom is 0.263 e. The molecule has 1 amide bonds. The number of nitrogen functional groups attached to an aromatic ring is 1. The molecule has 1 saturated heterocycles. The van der Waals surface area contributed by atoms with Crippen molar-refractivity contribution in [3.05, 3.63) is 10.4 Å². The van der Waals surface area contributed by atoms with E-state index in [4.69, 9.17) is 10.5 Å². The van der Waals surface area contributed by atoms with Crippen LogP contribution >= 0.6 is 11.3 Å². The number of ether oxygens (including phenoxy) is 1. The molecule has 1 aromatic heterocycles. The van der Waals surface area contributed by atoms with Crippen molar-refractivity contribution in [3.63, 3.8) is 0 Å². The molecular formula is C14H18N4O2S. The smallest absolute Gasteiger partial charge is 0.263 e. The van der Waals surface area contributed by atoms with Crippen molar-refractivity contribution >= 4 is 27.9 Å². The van der Waals surface area contributed by atoms with E-state index in [1.165, 1.54) is 11.3 Å². The van der Waals surface area contributed by atoms with Gasteiger partial charge in [0, 0.05) is 26.2 Å². The molecule has 2 fully saturated rings. The van der Waals surface area contributed by atoms with Crippen LogP contribution in [0.5, 0.6) is 0 Å². The number of nitrogens with two attached hydrogens (primary N) is 1. The van der Waals surface area contributed by atoms with E-state index in [0.717, 1.165) is 37.4 Å². The lowest BCUT2D eigenvalue weighted by atomic mass is 10.2. The van der Waals surface area contributed by atoms with Crippen LogP contribution in [0.25, 0.3) is 0 Å². The molecule has 3 N–H and O–H groups in total. The third-order valence-electron chi connectivity index (χ3n) is 3.92. The van der Waals surface area contributed by atoms with Crippen LogP contribution in [0.3, 0.4) is 0 Å². The molecule has 112 valence electrons.